The summed E-state index contributed by atoms with van der Waals surface area (Å²) in [6.45, 7) is 3.58. The Morgan fingerprint density at radius 3 is 2.68 bits per heavy atom. The van der Waals surface area contributed by atoms with Crippen LogP contribution in [0, 0.1) is 0 Å². The number of anilines is 2. The maximum atomic E-state index is 12.4. The van der Waals surface area contributed by atoms with E-state index in [0.717, 1.165) is 37.0 Å². The van der Waals surface area contributed by atoms with E-state index in [-0.39, 0.29) is 17.4 Å². The van der Waals surface area contributed by atoms with Crippen molar-refractivity contribution < 1.29 is 9.59 Å². The van der Waals surface area contributed by atoms with Crippen molar-refractivity contribution in [1.82, 2.24) is 14.8 Å². The fourth-order valence-electron chi connectivity index (χ4n) is 3.47. The fourth-order valence-corrected chi connectivity index (χ4v) is 4.27. The maximum Gasteiger partial charge on any atom is 0.234 e. The SMILES string of the molecule is CC(=O)c1cccc(NC(=O)CSc2nnc(N3CCCCC3)n2C2CC2)c1. The first-order valence-electron chi connectivity index (χ1n) is 9.85. The predicted octanol–water partition coefficient (Wildman–Crippen LogP) is 3.54. The molecule has 0 bridgehead atoms. The molecule has 28 heavy (non-hydrogen) atoms. The lowest BCUT2D eigenvalue weighted by Crippen LogP contribution is -2.32. The molecule has 2 fully saturated rings. The molecule has 8 heteroatoms. The van der Waals surface area contributed by atoms with Gasteiger partial charge in [-0.1, -0.05) is 23.9 Å². The van der Waals surface area contributed by atoms with Crippen molar-refractivity contribution in [2.75, 3.05) is 29.1 Å². The molecule has 1 aromatic carbocycles. The predicted molar refractivity (Wildman–Crippen MR) is 110 cm³/mol. The van der Waals surface area contributed by atoms with Crippen LogP contribution >= 0.6 is 11.8 Å². The molecule has 7 nitrogen and oxygen atoms in total. The summed E-state index contributed by atoms with van der Waals surface area (Å²) in [6, 6.07) is 7.47. The van der Waals surface area contributed by atoms with Crippen LogP contribution in [0.1, 0.15) is 55.4 Å². The van der Waals surface area contributed by atoms with Gasteiger partial charge in [0.05, 0.1) is 5.75 Å². The smallest absolute Gasteiger partial charge is 0.234 e. The van der Waals surface area contributed by atoms with Crippen molar-refractivity contribution in [3.05, 3.63) is 29.8 Å². The lowest BCUT2D eigenvalue weighted by molar-refractivity contribution is -0.113. The highest BCUT2D eigenvalue weighted by Crippen LogP contribution is 2.41. The molecule has 1 saturated carbocycles. The highest BCUT2D eigenvalue weighted by molar-refractivity contribution is 7.99. The molecule has 1 N–H and O–H groups in total. The Morgan fingerprint density at radius 2 is 1.96 bits per heavy atom. The Hall–Kier alpha value is -2.35. The maximum absolute atomic E-state index is 12.4. The van der Waals surface area contributed by atoms with Gasteiger partial charge in [-0.05, 0) is 51.2 Å². The van der Waals surface area contributed by atoms with Gasteiger partial charge in [-0.25, -0.2) is 0 Å². The van der Waals surface area contributed by atoms with E-state index in [4.69, 9.17) is 0 Å². The zero-order chi connectivity index (χ0) is 19.5. The summed E-state index contributed by atoms with van der Waals surface area (Å²) in [5, 5.41) is 12.5. The van der Waals surface area contributed by atoms with Crippen molar-refractivity contribution in [3.63, 3.8) is 0 Å². The van der Waals surface area contributed by atoms with Gasteiger partial charge in [-0.3, -0.25) is 14.2 Å². The molecule has 0 radical (unpaired) electrons. The number of Topliss-reactive ketones (excluding diaryl/α,β-unsaturated/α-hetero) is 1. The number of piperidine rings is 1. The Morgan fingerprint density at radius 1 is 1.18 bits per heavy atom. The number of thioether (sulfide) groups is 1. The first-order valence-corrected chi connectivity index (χ1v) is 10.8. The largest absolute Gasteiger partial charge is 0.341 e. The molecule has 1 aliphatic carbocycles. The van der Waals surface area contributed by atoms with Crippen molar-refractivity contribution in [1.29, 1.82) is 0 Å². The Balaban J connectivity index is 1.40. The molecule has 148 valence electrons. The number of carbonyl (C=O) groups is 2. The lowest BCUT2D eigenvalue weighted by Gasteiger charge is -2.27. The first-order chi connectivity index (χ1) is 13.6. The van der Waals surface area contributed by atoms with Gasteiger partial charge in [0.15, 0.2) is 10.9 Å². The van der Waals surface area contributed by atoms with E-state index in [2.05, 4.69) is 25.0 Å². The second kappa shape index (κ2) is 8.34. The number of aromatic nitrogens is 3. The molecule has 0 unspecified atom stereocenters. The molecule has 1 amide bonds. The van der Waals surface area contributed by atoms with Crippen LogP contribution < -0.4 is 10.2 Å². The summed E-state index contributed by atoms with van der Waals surface area (Å²) < 4.78 is 2.22. The van der Waals surface area contributed by atoms with E-state index in [0.29, 0.717) is 17.3 Å². The number of carbonyl (C=O) groups excluding carboxylic acids is 2. The molecule has 4 rings (SSSR count). The zero-order valence-corrected chi connectivity index (χ0v) is 16.9. The molecule has 2 heterocycles. The molecular weight excluding hydrogens is 374 g/mol. The van der Waals surface area contributed by atoms with Crippen LogP contribution in [0.25, 0.3) is 0 Å². The lowest BCUT2D eigenvalue weighted by atomic mass is 10.1. The van der Waals surface area contributed by atoms with Gasteiger partial charge in [0.2, 0.25) is 11.9 Å². The molecule has 1 aliphatic heterocycles. The van der Waals surface area contributed by atoms with Gasteiger partial charge in [0, 0.05) is 30.4 Å². The normalized spacial score (nSPS) is 16.8. The second-order valence-corrected chi connectivity index (χ2v) is 8.35. The Labute approximate surface area is 168 Å². The number of ketones is 1. The van der Waals surface area contributed by atoms with E-state index >= 15 is 0 Å². The van der Waals surface area contributed by atoms with Crippen LogP contribution in [0.5, 0.6) is 0 Å². The number of benzene rings is 1. The molecule has 1 saturated heterocycles. The quantitative estimate of drug-likeness (QED) is 0.567. The van der Waals surface area contributed by atoms with Crippen LogP contribution in [0.3, 0.4) is 0 Å². The average Bonchev–Trinajstić information content (AvgIpc) is 3.46. The fraction of sp³-hybridized carbons (Fsp3) is 0.500. The molecular formula is C20H25N5O2S. The third kappa shape index (κ3) is 4.38. The van der Waals surface area contributed by atoms with Crippen LogP contribution in [-0.4, -0.2) is 45.3 Å². The average molecular weight is 400 g/mol. The van der Waals surface area contributed by atoms with E-state index in [1.807, 2.05) is 0 Å². The summed E-state index contributed by atoms with van der Waals surface area (Å²) in [5.41, 5.74) is 1.22. The summed E-state index contributed by atoms with van der Waals surface area (Å²) >= 11 is 1.42. The third-order valence-corrected chi connectivity index (χ3v) is 6.03. The number of nitrogens with one attached hydrogen (secondary N) is 1. The van der Waals surface area contributed by atoms with Gasteiger partial charge in [-0.2, -0.15) is 0 Å². The van der Waals surface area contributed by atoms with Gasteiger partial charge in [0.1, 0.15) is 0 Å². The third-order valence-electron chi connectivity index (χ3n) is 5.08. The van der Waals surface area contributed by atoms with Gasteiger partial charge < -0.3 is 10.2 Å². The van der Waals surface area contributed by atoms with Crippen LogP contribution in [0.2, 0.25) is 0 Å². The van der Waals surface area contributed by atoms with E-state index in [9.17, 15) is 9.59 Å². The van der Waals surface area contributed by atoms with E-state index in [1.165, 1.54) is 37.9 Å². The minimum absolute atomic E-state index is 0.0201. The number of hydrogen-bond donors (Lipinski definition) is 1. The summed E-state index contributed by atoms with van der Waals surface area (Å²) in [7, 11) is 0. The van der Waals surface area contributed by atoms with Gasteiger partial charge in [0.25, 0.3) is 0 Å². The zero-order valence-electron chi connectivity index (χ0n) is 16.1. The molecule has 0 spiro atoms. The number of nitrogens with zero attached hydrogens (tertiary/aromatic N) is 4. The summed E-state index contributed by atoms with van der Waals surface area (Å²) in [6.07, 6.45) is 5.97. The highest BCUT2D eigenvalue weighted by Gasteiger charge is 2.32. The Kier molecular flexibility index (Phi) is 5.66. The summed E-state index contributed by atoms with van der Waals surface area (Å²) in [4.78, 5) is 26.2. The topological polar surface area (TPSA) is 80.1 Å². The minimum Gasteiger partial charge on any atom is -0.341 e. The monoisotopic (exact) mass is 399 g/mol. The number of amides is 1. The van der Waals surface area contributed by atoms with Crippen molar-refractivity contribution in [2.45, 2.75) is 50.2 Å². The molecule has 0 atom stereocenters. The molecule has 2 aliphatic rings. The van der Waals surface area contributed by atoms with E-state index in [1.54, 1.807) is 24.3 Å². The summed E-state index contributed by atoms with van der Waals surface area (Å²) in [5.74, 6) is 1.08. The highest BCUT2D eigenvalue weighted by atomic mass is 32.2. The molecule has 1 aromatic heterocycles. The number of hydrogen-bond acceptors (Lipinski definition) is 6. The first kappa shape index (κ1) is 19.0. The molecule has 2 aromatic rings. The minimum atomic E-state index is -0.115. The van der Waals surface area contributed by atoms with Crippen LogP contribution in [0.4, 0.5) is 11.6 Å². The van der Waals surface area contributed by atoms with Crippen molar-refractivity contribution >= 4 is 35.1 Å². The number of rotatable bonds is 7. The van der Waals surface area contributed by atoms with Crippen LogP contribution in [-0.2, 0) is 4.79 Å². The standard InChI is InChI=1S/C20H25N5O2S/c1-14(26)15-6-5-7-16(12-15)21-18(27)13-28-20-23-22-19(25(20)17-8-9-17)24-10-3-2-4-11-24/h5-7,12,17H,2-4,8-11,13H2,1H3,(H,21,27). The second-order valence-electron chi connectivity index (χ2n) is 7.41. The van der Waals surface area contributed by atoms with Gasteiger partial charge >= 0.3 is 0 Å². The van der Waals surface area contributed by atoms with Crippen molar-refractivity contribution in [2.24, 2.45) is 0 Å². The van der Waals surface area contributed by atoms with Crippen LogP contribution in [0.15, 0.2) is 29.4 Å². The van der Waals surface area contributed by atoms with Crippen molar-refractivity contribution in [3.8, 4) is 0 Å². The van der Waals surface area contributed by atoms with E-state index < -0.39 is 0 Å². The Bertz CT molecular complexity index is 871. The van der Waals surface area contributed by atoms with Gasteiger partial charge in [-0.15, -0.1) is 10.2 Å².